The van der Waals surface area contributed by atoms with E-state index in [1.54, 1.807) is 0 Å². The highest BCUT2D eigenvalue weighted by atomic mass is 16.3. The summed E-state index contributed by atoms with van der Waals surface area (Å²) in [7, 11) is 0. The van der Waals surface area contributed by atoms with Crippen LogP contribution >= 0.6 is 0 Å². The Balaban J connectivity index is 2.12. The Labute approximate surface area is 129 Å². The molecule has 0 saturated carbocycles. The molecule has 0 unspecified atom stereocenters. The van der Waals surface area contributed by atoms with Crippen LogP contribution in [0, 0.1) is 0 Å². The first kappa shape index (κ1) is 13.5. The van der Waals surface area contributed by atoms with Gasteiger partial charge in [0.2, 0.25) is 0 Å². The first-order chi connectivity index (χ1) is 10.7. The highest BCUT2D eigenvalue weighted by Gasteiger charge is 2.19. The molecule has 0 spiro atoms. The minimum Gasteiger partial charge on any atom is -0.391 e. The predicted molar refractivity (Wildman–Crippen MR) is 93.4 cm³/mol. The van der Waals surface area contributed by atoms with Crippen molar-refractivity contribution in [3.05, 3.63) is 60.2 Å². The zero-order valence-corrected chi connectivity index (χ0v) is 12.6. The highest BCUT2D eigenvalue weighted by Crippen LogP contribution is 2.37. The Kier molecular flexibility index (Phi) is 3.03. The molecule has 0 aliphatic carbocycles. The molecule has 110 valence electrons. The lowest BCUT2D eigenvalue weighted by molar-refractivity contribution is 0.141. The Hall–Kier alpha value is -2.16. The second-order valence-corrected chi connectivity index (χ2v) is 6.01. The molecule has 0 aliphatic heterocycles. The van der Waals surface area contributed by atoms with Crippen molar-refractivity contribution < 1.29 is 5.11 Å². The first-order valence-electron chi connectivity index (χ1n) is 7.80. The van der Waals surface area contributed by atoms with Crippen molar-refractivity contribution in [3.8, 4) is 0 Å². The van der Waals surface area contributed by atoms with E-state index in [0.29, 0.717) is 6.42 Å². The number of hydrogen-bond acceptors (Lipinski definition) is 2. The van der Waals surface area contributed by atoms with Crippen LogP contribution in [-0.2, 0) is 0 Å². The van der Waals surface area contributed by atoms with Crippen molar-refractivity contribution in [2.24, 2.45) is 5.73 Å². The Morgan fingerprint density at radius 1 is 0.864 bits per heavy atom. The average Bonchev–Trinajstić information content (AvgIpc) is 2.58. The molecule has 4 aromatic rings. The van der Waals surface area contributed by atoms with Gasteiger partial charge in [-0.05, 0) is 44.3 Å². The van der Waals surface area contributed by atoms with E-state index in [1.807, 2.05) is 6.92 Å². The number of hydrogen-bond donors (Lipinski definition) is 2. The molecule has 2 heteroatoms. The molecule has 0 radical (unpaired) electrons. The molecule has 2 atom stereocenters. The zero-order valence-electron chi connectivity index (χ0n) is 12.6. The smallest absolute Gasteiger partial charge is 0.0730 e. The maximum absolute atomic E-state index is 10.2. The summed E-state index contributed by atoms with van der Waals surface area (Å²) < 4.78 is 0. The number of nitrogens with two attached hydrogens (primary N) is 1. The number of rotatable bonds is 3. The van der Waals surface area contributed by atoms with Gasteiger partial charge in [0.1, 0.15) is 0 Å². The van der Waals surface area contributed by atoms with Gasteiger partial charge in [0, 0.05) is 0 Å². The maximum Gasteiger partial charge on any atom is 0.0730 e. The quantitative estimate of drug-likeness (QED) is 0.551. The molecule has 0 fully saturated rings. The topological polar surface area (TPSA) is 46.2 Å². The summed E-state index contributed by atoms with van der Waals surface area (Å²) in [4.78, 5) is 0. The largest absolute Gasteiger partial charge is 0.391 e. The second kappa shape index (κ2) is 4.94. The summed E-state index contributed by atoms with van der Waals surface area (Å²) in [6.45, 7) is 1.96. The monoisotopic (exact) mass is 289 g/mol. The Morgan fingerprint density at radius 3 is 2.14 bits per heavy atom. The fourth-order valence-corrected chi connectivity index (χ4v) is 3.51. The van der Waals surface area contributed by atoms with Crippen molar-refractivity contribution in [2.75, 3.05) is 0 Å². The number of aliphatic hydroxyl groups excluding tert-OH is 1. The Morgan fingerprint density at radius 2 is 1.45 bits per heavy atom. The van der Waals surface area contributed by atoms with Crippen molar-refractivity contribution in [2.45, 2.75) is 25.5 Å². The van der Waals surface area contributed by atoms with E-state index in [1.165, 1.54) is 26.9 Å². The third-order valence-electron chi connectivity index (χ3n) is 4.75. The van der Waals surface area contributed by atoms with Crippen LogP contribution in [0.15, 0.2) is 54.6 Å². The van der Waals surface area contributed by atoms with Crippen LogP contribution in [0.25, 0.3) is 32.3 Å². The van der Waals surface area contributed by atoms with Crippen LogP contribution in [0.2, 0.25) is 0 Å². The van der Waals surface area contributed by atoms with E-state index in [4.69, 9.17) is 5.73 Å². The van der Waals surface area contributed by atoms with Gasteiger partial charge in [0.05, 0.1) is 12.1 Å². The van der Waals surface area contributed by atoms with Crippen LogP contribution in [-0.4, -0.2) is 11.2 Å². The molecule has 3 N–H and O–H groups in total. The van der Waals surface area contributed by atoms with Gasteiger partial charge >= 0.3 is 0 Å². The van der Waals surface area contributed by atoms with Crippen molar-refractivity contribution in [1.29, 1.82) is 0 Å². The molecule has 2 nitrogen and oxygen atoms in total. The normalized spacial score (nSPS) is 14.9. The molecule has 0 saturated heterocycles. The summed E-state index contributed by atoms with van der Waals surface area (Å²) in [5.74, 6) is 0. The number of benzene rings is 4. The highest BCUT2D eigenvalue weighted by molar-refractivity contribution is 6.23. The minimum absolute atomic E-state index is 0.352. The molecule has 22 heavy (non-hydrogen) atoms. The van der Waals surface area contributed by atoms with Crippen LogP contribution in [0.3, 0.4) is 0 Å². The third-order valence-corrected chi connectivity index (χ3v) is 4.75. The SMILES string of the molecule is CC[C@@H](O)[C@@H](N)c1ccc2ccc3cccc4ccc1c2c34. The van der Waals surface area contributed by atoms with E-state index in [2.05, 4.69) is 54.6 Å². The molecule has 4 aromatic carbocycles. The van der Waals surface area contributed by atoms with Crippen molar-refractivity contribution in [3.63, 3.8) is 0 Å². The third kappa shape index (κ3) is 1.81. The summed E-state index contributed by atoms with van der Waals surface area (Å²) in [6.07, 6.45) is 0.141. The first-order valence-corrected chi connectivity index (χ1v) is 7.80. The standard InChI is InChI=1S/C20H19NO/c1-2-17(22)20(21)16-11-9-14-7-6-12-4-3-5-13-8-10-15(16)19(14)18(12)13/h3-11,17,20,22H,2,21H2,1H3/t17-,20+/m1/s1. The van der Waals surface area contributed by atoms with Crippen molar-refractivity contribution in [1.82, 2.24) is 0 Å². The van der Waals surface area contributed by atoms with Gasteiger partial charge in [0.15, 0.2) is 0 Å². The van der Waals surface area contributed by atoms with Gasteiger partial charge in [-0.25, -0.2) is 0 Å². The Bertz CT molecular complexity index is 944. The molecule has 0 aromatic heterocycles. The van der Waals surface area contributed by atoms with Gasteiger partial charge < -0.3 is 10.8 Å². The molecule has 0 heterocycles. The molecule has 0 amide bonds. The second-order valence-electron chi connectivity index (χ2n) is 6.01. The van der Waals surface area contributed by atoms with Crippen molar-refractivity contribution >= 4 is 32.3 Å². The van der Waals surface area contributed by atoms with Crippen LogP contribution in [0.1, 0.15) is 24.9 Å². The van der Waals surface area contributed by atoms with Gasteiger partial charge in [-0.15, -0.1) is 0 Å². The summed E-state index contributed by atoms with van der Waals surface area (Å²) >= 11 is 0. The van der Waals surface area contributed by atoms with Gasteiger partial charge in [-0.3, -0.25) is 0 Å². The van der Waals surface area contributed by atoms with E-state index < -0.39 is 6.10 Å². The zero-order chi connectivity index (χ0) is 15.3. The van der Waals surface area contributed by atoms with E-state index in [-0.39, 0.29) is 6.04 Å². The lowest BCUT2D eigenvalue weighted by Gasteiger charge is -2.21. The van der Waals surface area contributed by atoms with Crippen LogP contribution in [0.4, 0.5) is 0 Å². The molecular weight excluding hydrogens is 270 g/mol. The van der Waals surface area contributed by atoms with Gasteiger partial charge in [-0.1, -0.05) is 61.5 Å². The molecule has 0 bridgehead atoms. The molecule has 0 aliphatic rings. The van der Waals surface area contributed by atoms with E-state index >= 15 is 0 Å². The molecule has 4 rings (SSSR count). The lowest BCUT2D eigenvalue weighted by Crippen LogP contribution is -2.25. The van der Waals surface area contributed by atoms with Crippen LogP contribution < -0.4 is 5.73 Å². The lowest BCUT2D eigenvalue weighted by atomic mass is 9.88. The summed E-state index contributed by atoms with van der Waals surface area (Å²) in [6, 6.07) is 18.8. The van der Waals surface area contributed by atoms with Crippen LogP contribution in [0.5, 0.6) is 0 Å². The van der Waals surface area contributed by atoms with Gasteiger partial charge in [0.25, 0.3) is 0 Å². The van der Waals surface area contributed by atoms with Gasteiger partial charge in [-0.2, -0.15) is 0 Å². The van der Waals surface area contributed by atoms with E-state index in [9.17, 15) is 5.11 Å². The maximum atomic E-state index is 10.2. The predicted octanol–water partition coefficient (Wildman–Crippen LogP) is 4.35. The number of aliphatic hydroxyl groups is 1. The summed E-state index contributed by atoms with van der Waals surface area (Å²) in [5.41, 5.74) is 7.33. The summed E-state index contributed by atoms with van der Waals surface area (Å²) in [5, 5.41) is 17.6. The van der Waals surface area contributed by atoms with E-state index in [0.717, 1.165) is 10.9 Å². The molecular formula is C20H19NO. The minimum atomic E-state index is -0.515. The fourth-order valence-electron chi connectivity index (χ4n) is 3.51. The average molecular weight is 289 g/mol. The fraction of sp³-hybridized carbons (Fsp3) is 0.200.